The minimum atomic E-state index is 0.266. The van der Waals surface area contributed by atoms with Gasteiger partial charge in [-0.25, -0.2) is 0 Å². The van der Waals surface area contributed by atoms with Gasteiger partial charge < -0.3 is 5.73 Å². The fourth-order valence-corrected chi connectivity index (χ4v) is 3.20. The minimum Gasteiger partial charge on any atom is -0.329 e. The monoisotopic (exact) mass is 272 g/mol. The number of nitrogens with two attached hydrogens (primary N) is 1. The maximum absolute atomic E-state index is 5.87. The summed E-state index contributed by atoms with van der Waals surface area (Å²) in [4.78, 5) is 4.40. The van der Waals surface area contributed by atoms with Crippen LogP contribution in [0.5, 0.6) is 0 Å². The highest BCUT2D eigenvalue weighted by atomic mass is 32.2. The average molecular weight is 272 g/mol. The number of thioether (sulfide) groups is 1. The van der Waals surface area contributed by atoms with Crippen molar-refractivity contribution in [1.29, 1.82) is 0 Å². The zero-order valence-electron chi connectivity index (χ0n) is 11.5. The number of hydrogen-bond acceptors (Lipinski definition) is 3. The highest BCUT2D eigenvalue weighted by molar-refractivity contribution is 7.98. The Hall–Kier alpha value is -1.32. The molecule has 0 aliphatic carbocycles. The molecule has 2 aromatic rings. The molecule has 2 N–H and O–H groups in total. The second kappa shape index (κ2) is 6.73. The van der Waals surface area contributed by atoms with Crippen LogP contribution < -0.4 is 5.73 Å². The van der Waals surface area contributed by atoms with Crippen LogP contribution >= 0.6 is 11.8 Å². The van der Waals surface area contributed by atoms with Crippen molar-refractivity contribution in [3.63, 3.8) is 0 Å². The molecule has 0 amide bonds. The molecule has 100 valence electrons. The first-order valence-corrected chi connectivity index (χ1v) is 7.53. The Bertz CT molecular complexity index is 505. The van der Waals surface area contributed by atoms with E-state index in [0.717, 1.165) is 11.4 Å². The highest BCUT2D eigenvalue weighted by Gasteiger charge is 2.11. The molecular formula is C16H20N2S. The molecule has 0 fully saturated rings. The number of benzene rings is 1. The van der Waals surface area contributed by atoms with Crippen molar-refractivity contribution in [3.05, 3.63) is 65.0 Å². The summed E-state index contributed by atoms with van der Waals surface area (Å²) in [6.45, 7) is 4.90. The molecule has 0 saturated carbocycles. The Balaban J connectivity index is 2.04. The van der Waals surface area contributed by atoms with Crippen LogP contribution in [0.1, 0.15) is 27.6 Å². The van der Waals surface area contributed by atoms with E-state index >= 15 is 0 Å². The van der Waals surface area contributed by atoms with E-state index in [-0.39, 0.29) is 5.25 Å². The van der Waals surface area contributed by atoms with Crippen molar-refractivity contribution in [3.8, 4) is 0 Å². The summed E-state index contributed by atoms with van der Waals surface area (Å²) in [5.74, 6) is 0.973. The van der Waals surface area contributed by atoms with Gasteiger partial charge in [-0.3, -0.25) is 4.98 Å². The van der Waals surface area contributed by atoms with Crippen molar-refractivity contribution in [2.24, 2.45) is 5.73 Å². The lowest BCUT2D eigenvalue weighted by molar-refractivity contribution is 0.898. The van der Waals surface area contributed by atoms with Crippen LogP contribution in [0.4, 0.5) is 0 Å². The van der Waals surface area contributed by atoms with Crippen LogP contribution in [0.15, 0.2) is 42.6 Å². The van der Waals surface area contributed by atoms with E-state index in [2.05, 4.69) is 37.0 Å². The molecule has 0 bridgehead atoms. The van der Waals surface area contributed by atoms with Gasteiger partial charge in [-0.1, -0.05) is 35.4 Å². The maximum atomic E-state index is 5.87. The number of hydrogen-bond donors (Lipinski definition) is 1. The molecule has 2 nitrogen and oxygen atoms in total. The third-order valence-corrected chi connectivity index (χ3v) is 4.30. The van der Waals surface area contributed by atoms with Crippen molar-refractivity contribution >= 4 is 11.8 Å². The van der Waals surface area contributed by atoms with Gasteiger partial charge >= 0.3 is 0 Å². The molecule has 0 saturated heterocycles. The van der Waals surface area contributed by atoms with Crippen molar-refractivity contribution < 1.29 is 0 Å². The summed E-state index contributed by atoms with van der Waals surface area (Å²) in [5, 5.41) is 0.266. The van der Waals surface area contributed by atoms with Crippen LogP contribution in [0.2, 0.25) is 0 Å². The smallest absolute Gasteiger partial charge is 0.0595 e. The average Bonchev–Trinajstić information content (AvgIpc) is 2.39. The molecule has 0 aliphatic heterocycles. The van der Waals surface area contributed by atoms with Gasteiger partial charge in [0.25, 0.3) is 0 Å². The molecule has 19 heavy (non-hydrogen) atoms. The van der Waals surface area contributed by atoms with E-state index in [1.807, 2.05) is 36.2 Å². The van der Waals surface area contributed by atoms with Crippen LogP contribution in [-0.4, -0.2) is 11.5 Å². The van der Waals surface area contributed by atoms with Crippen LogP contribution in [0.25, 0.3) is 0 Å². The summed E-state index contributed by atoms with van der Waals surface area (Å²) in [5.41, 5.74) is 10.9. The normalized spacial score (nSPS) is 12.4. The van der Waals surface area contributed by atoms with E-state index < -0.39 is 0 Å². The van der Waals surface area contributed by atoms with Gasteiger partial charge in [0.1, 0.15) is 0 Å². The van der Waals surface area contributed by atoms with E-state index in [1.54, 1.807) is 0 Å². The second-order valence-electron chi connectivity index (χ2n) is 4.79. The molecule has 1 heterocycles. The lowest BCUT2D eigenvalue weighted by Crippen LogP contribution is -2.10. The molecule has 3 heteroatoms. The summed E-state index contributed by atoms with van der Waals surface area (Å²) >= 11 is 1.86. The molecule has 1 aromatic carbocycles. The Kier molecular flexibility index (Phi) is 5.00. The van der Waals surface area contributed by atoms with Crippen LogP contribution in [0, 0.1) is 13.8 Å². The van der Waals surface area contributed by atoms with Gasteiger partial charge in [0.15, 0.2) is 0 Å². The summed E-state index contributed by atoms with van der Waals surface area (Å²) in [7, 11) is 0. The Morgan fingerprint density at radius 1 is 1.16 bits per heavy atom. The molecule has 0 spiro atoms. The first-order valence-electron chi connectivity index (χ1n) is 6.49. The highest BCUT2D eigenvalue weighted by Crippen LogP contribution is 2.29. The van der Waals surface area contributed by atoms with E-state index in [1.165, 1.54) is 16.7 Å². The molecule has 1 atom stereocenters. The van der Waals surface area contributed by atoms with E-state index in [0.29, 0.717) is 6.54 Å². The van der Waals surface area contributed by atoms with Crippen molar-refractivity contribution in [2.75, 3.05) is 6.54 Å². The topological polar surface area (TPSA) is 38.9 Å². The fourth-order valence-electron chi connectivity index (χ4n) is 2.19. The van der Waals surface area contributed by atoms with Gasteiger partial charge in [-0.15, -0.1) is 11.8 Å². The van der Waals surface area contributed by atoms with Gasteiger partial charge in [0, 0.05) is 18.5 Å². The quantitative estimate of drug-likeness (QED) is 0.903. The van der Waals surface area contributed by atoms with Gasteiger partial charge in [0.05, 0.1) is 10.9 Å². The van der Waals surface area contributed by atoms with Crippen LogP contribution in [-0.2, 0) is 5.75 Å². The summed E-state index contributed by atoms with van der Waals surface area (Å²) in [6.07, 6.45) is 1.83. The zero-order valence-corrected chi connectivity index (χ0v) is 12.3. The van der Waals surface area contributed by atoms with Crippen molar-refractivity contribution in [1.82, 2.24) is 4.98 Å². The van der Waals surface area contributed by atoms with E-state index in [9.17, 15) is 0 Å². The first-order chi connectivity index (χ1) is 9.19. The lowest BCUT2D eigenvalue weighted by atomic mass is 10.1. The molecular weight excluding hydrogens is 252 g/mol. The Morgan fingerprint density at radius 2 is 1.89 bits per heavy atom. The third kappa shape index (κ3) is 4.08. The largest absolute Gasteiger partial charge is 0.329 e. The van der Waals surface area contributed by atoms with Gasteiger partial charge in [0.2, 0.25) is 0 Å². The lowest BCUT2D eigenvalue weighted by Gasteiger charge is -2.14. The number of nitrogens with zero attached hydrogens (tertiary/aromatic N) is 1. The number of pyridine rings is 1. The number of aromatic nitrogens is 1. The predicted molar refractivity (Wildman–Crippen MR) is 83.2 cm³/mol. The summed E-state index contributed by atoms with van der Waals surface area (Å²) < 4.78 is 0. The molecule has 0 aliphatic rings. The van der Waals surface area contributed by atoms with Crippen LogP contribution in [0.3, 0.4) is 0 Å². The fraction of sp³-hybridized carbons (Fsp3) is 0.312. The van der Waals surface area contributed by atoms with Gasteiger partial charge in [-0.2, -0.15) is 0 Å². The Labute approximate surface area is 119 Å². The number of aryl methyl sites for hydroxylation is 2. The number of rotatable bonds is 5. The Morgan fingerprint density at radius 3 is 2.47 bits per heavy atom. The standard InChI is InChI=1S/C16H20N2S/c1-12-7-13(2)9-14(8-12)11-19-16(10-17)15-5-3-4-6-18-15/h3-9,16H,10-11,17H2,1-2H3. The third-order valence-electron chi connectivity index (χ3n) is 2.96. The van der Waals surface area contributed by atoms with Crippen molar-refractivity contribution in [2.45, 2.75) is 24.9 Å². The molecule has 1 aromatic heterocycles. The van der Waals surface area contributed by atoms with Gasteiger partial charge in [-0.05, 0) is 31.5 Å². The predicted octanol–water partition coefficient (Wildman–Crippen LogP) is 3.63. The molecule has 2 rings (SSSR count). The van der Waals surface area contributed by atoms with E-state index in [4.69, 9.17) is 5.73 Å². The minimum absolute atomic E-state index is 0.266. The zero-order chi connectivity index (χ0) is 13.7. The SMILES string of the molecule is Cc1cc(C)cc(CSC(CN)c2ccccn2)c1. The first kappa shape index (κ1) is 14.1. The summed E-state index contributed by atoms with van der Waals surface area (Å²) in [6, 6.07) is 12.7. The second-order valence-corrected chi connectivity index (χ2v) is 5.98. The molecule has 0 radical (unpaired) electrons. The molecule has 1 unspecified atom stereocenters. The maximum Gasteiger partial charge on any atom is 0.0595 e.